The van der Waals surface area contributed by atoms with Gasteiger partial charge >= 0.3 is 0 Å². The molecule has 4 nitrogen and oxygen atoms in total. The number of piperazine rings is 1. The lowest BCUT2D eigenvalue weighted by molar-refractivity contribution is -0.0177. The molecule has 4 heteroatoms. The summed E-state index contributed by atoms with van der Waals surface area (Å²) in [7, 11) is 2.15. The van der Waals surface area contributed by atoms with Gasteiger partial charge in [0.25, 0.3) is 0 Å². The molecule has 0 aliphatic carbocycles. The summed E-state index contributed by atoms with van der Waals surface area (Å²) in [5, 5.41) is 9.82. The van der Waals surface area contributed by atoms with E-state index in [-0.39, 0.29) is 12.2 Å². The molecule has 0 aromatic carbocycles. The van der Waals surface area contributed by atoms with Gasteiger partial charge in [0.15, 0.2) is 0 Å². The summed E-state index contributed by atoms with van der Waals surface area (Å²) in [6.07, 6.45) is -0.168. The Bertz CT molecular complexity index is 199. The Morgan fingerprint density at radius 3 is 2.62 bits per heavy atom. The smallest absolute Gasteiger partial charge is 0.0900 e. The number of hydrogen-bond donors (Lipinski definition) is 1. The minimum Gasteiger partial charge on any atom is -0.389 e. The van der Waals surface area contributed by atoms with Crippen molar-refractivity contribution < 1.29 is 9.84 Å². The standard InChI is InChI=1S/C12H26N2O2/c1-10(2)16-9-12(15)8-14-6-5-13(4)11(3)7-14/h10-12,15H,5-9H2,1-4H3. The quantitative estimate of drug-likeness (QED) is 0.742. The maximum absolute atomic E-state index is 9.82. The normalized spacial score (nSPS) is 26.2. The number of aliphatic hydroxyl groups is 1. The number of hydrogen-bond acceptors (Lipinski definition) is 4. The molecule has 96 valence electrons. The monoisotopic (exact) mass is 230 g/mol. The van der Waals surface area contributed by atoms with Crippen LogP contribution in [0.5, 0.6) is 0 Å². The third kappa shape index (κ3) is 4.78. The number of ether oxygens (including phenoxy) is 1. The van der Waals surface area contributed by atoms with Gasteiger partial charge < -0.3 is 14.7 Å². The lowest BCUT2D eigenvalue weighted by Gasteiger charge is -2.38. The van der Waals surface area contributed by atoms with E-state index in [1.54, 1.807) is 0 Å². The summed E-state index contributed by atoms with van der Waals surface area (Å²) in [5.74, 6) is 0. The van der Waals surface area contributed by atoms with E-state index < -0.39 is 0 Å². The van der Waals surface area contributed by atoms with Crippen molar-refractivity contribution in [2.75, 3.05) is 39.8 Å². The molecule has 0 aromatic rings. The molecule has 16 heavy (non-hydrogen) atoms. The van der Waals surface area contributed by atoms with Crippen LogP contribution < -0.4 is 0 Å². The molecule has 0 amide bonds. The van der Waals surface area contributed by atoms with Gasteiger partial charge in [-0.2, -0.15) is 0 Å². The van der Waals surface area contributed by atoms with E-state index in [1.165, 1.54) is 0 Å². The summed E-state index contributed by atoms with van der Waals surface area (Å²) in [4.78, 5) is 4.67. The molecule has 1 N–H and O–H groups in total. The minimum atomic E-state index is -0.363. The van der Waals surface area contributed by atoms with Gasteiger partial charge in [0.05, 0.1) is 18.8 Å². The second-order valence-corrected chi connectivity index (χ2v) is 5.13. The number of nitrogens with zero attached hydrogens (tertiary/aromatic N) is 2. The van der Waals surface area contributed by atoms with Crippen molar-refractivity contribution in [2.45, 2.75) is 39.0 Å². The van der Waals surface area contributed by atoms with Gasteiger partial charge in [-0.15, -0.1) is 0 Å². The van der Waals surface area contributed by atoms with E-state index in [0.29, 0.717) is 12.6 Å². The third-order valence-electron chi connectivity index (χ3n) is 3.13. The number of rotatable bonds is 5. The minimum absolute atomic E-state index is 0.195. The van der Waals surface area contributed by atoms with Crippen molar-refractivity contribution in [2.24, 2.45) is 0 Å². The highest BCUT2D eigenvalue weighted by Crippen LogP contribution is 2.07. The zero-order valence-corrected chi connectivity index (χ0v) is 11.0. The van der Waals surface area contributed by atoms with Gasteiger partial charge in [-0.05, 0) is 27.8 Å². The van der Waals surface area contributed by atoms with E-state index in [2.05, 4.69) is 23.8 Å². The number of β-amino-alcohol motifs (C(OH)–C–C–N with tert-alkyl or cyclic N) is 1. The fraction of sp³-hybridized carbons (Fsp3) is 1.00. The van der Waals surface area contributed by atoms with Gasteiger partial charge in [-0.1, -0.05) is 0 Å². The maximum atomic E-state index is 9.82. The molecule has 0 saturated carbocycles. The Morgan fingerprint density at radius 2 is 2.06 bits per heavy atom. The molecule has 2 atom stereocenters. The zero-order valence-electron chi connectivity index (χ0n) is 11.0. The highest BCUT2D eigenvalue weighted by molar-refractivity contribution is 4.78. The summed E-state index contributed by atoms with van der Waals surface area (Å²) in [5.41, 5.74) is 0. The van der Waals surface area contributed by atoms with Crippen LogP contribution >= 0.6 is 0 Å². The Balaban J connectivity index is 2.21. The van der Waals surface area contributed by atoms with Gasteiger partial charge in [0.2, 0.25) is 0 Å². The van der Waals surface area contributed by atoms with E-state index in [9.17, 15) is 5.11 Å². The molecule has 1 heterocycles. The van der Waals surface area contributed by atoms with Crippen molar-refractivity contribution >= 4 is 0 Å². The van der Waals surface area contributed by atoms with Crippen LogP contribution in [0.25, 0.3) is 0 Å². The van der Waals surface area contributed by atoms with Gasteiger partial charge in [-0.25, -0.2) is 0 Å². The van der Waals surface area contributed by atoms with Crippen LogP contribution in [0.3, 0.4) is 0 Å². The number of aliphatic hydroxyl groups excluding tert-OH is 1. The summed E-state index contributed by atoms with van der Waals surface area (Å²) >= 11 is 0. The van der Waals surface area contributed by atoms with E-state index in [0.717, 1.165) is 26.2 Å². The average Bonchev–Trinajstić information content (AvgIpc) is 2.21. The second-order valence-electron chi connectivity index (χ2n) is 5.13. The maximum Gasteiger partial charge on any atom is 0.0900 e. The summed E-state index contributed by atoms with van der Waals surface area (Å²) in [6.45, 7) is 10.5. The van der Waals surface area contributed by atoms with Crippen molar-refractivity contribution in [1.82, 2.24) is 9.80 Å². The van der Waals surface area contributed by atoms with Gasteiger partial charge in [0, 0.05) is 32.2 Å². The lowest BCUT2D eigenvalue weighted by Crippen LogP contribution is -2.52. The van der Waals surface area contributed by atoms with Crippen LogP contribution in [0.4, 0.5) is 0 Å². The first-order chi connectivity index (χ1) is 7.49. The van der Waals surface area contributed by atoms with Crippen molar-refractivity contribution in [1.29, 1.82) is 0 Å². The van der Waals surface area contributed by atoms with Gasteiger partial charge in [-0.3, -0.25) is 4.90 Å². The predicted octanol–water partition coefficient (Wildman–Crippen LogP) is 0.408. The van der Waals surface area contributed by atoms with Crippen LogP contribution in [0.15, 0.2) is 0 Å². The highest BCUT2D eigenvalue weighted by Gasteiger charge is 2.22. The van der Waals surface area contributed by atoms with Crippen LogP contribution in [0.2, 0.25) is 0 Å². The van der Waals surface area contributed by atoms with Crippen molar-refractivity contribution in [3.8, 4) is 0 Å². The summed E-state index contributed by atoms with van der Waals surface area (Å²) in [6, 6.07) is 0.576. The van der Waals surface area contributed by atoms with E-state index in [4.69, 9.17) is 4.74 Å². The van der Waals surface area contributed by atoms with Gasteiger partial charge in [0.1, 0.15) is 0 Å². The molecular formula is C12H26N2O2. The van der Waals surface area contributed by atoms with Crippen LogP contribution in [0.1, 0.15) is 20.8 Å². The largest absolute Gasteiger partial charge is 0.389 e. The molecular weight excluding hydrogens is 204 g/mol. The summed E-state index contributed by atoms with van der Waals surface area (Å²) < 4.78 is 5.41. The second kappa shape index (κ2) is 6.55. The Morgan fingerprint density at radius 1 is 1.38 bits per heavy atom. The molecule has 0 radical (unpaired) electrons. The highest BCUT2D eigenvalue weighted by atomic mass is 16.5. The third-order valence-corrected chi connectivity index (χ3v) is 3.13. The average molecular weight is 230 g/mol. The van der Waals surface area contributed by atoms with E-state index >= 15 is 0 Å². The molecule has 0 bridgehead atoms. The molecule has 1 aliphatic rings. The zero-order chi connectivity index (χ0) is 12.1. The molecule has 0 aromatic heterocycles. The molecule has 1 aliphatic heterocycles. The number of likely N-dealkylation sites (N-methyl/N-ethyl adjacent to an activating group) is 1. The molecule has 2 unspecified atom stereocenters. The lowest BCUT2D eigenvalue weighted by atomic mass is 10.2. The molecule has 1 saturated heterocycles. The Hall–Kier alpha value is -0.160. The molecule has 1 fully saturated rings. The molecule has 0 spiro atoms. The first-order valence-electron chi connectivity index (χ1n) is 6.21. The van der Waals surface area contributed by atoms with Crippen LogP contribution in [-0.4, -0.2) is 73.0 Å². The fourth-order valence-corrected chi connectivity index (χ4v) is 1.94. The van der Waals surface area contributed by atoms with Crippen molar-refractivity contribution in [3.05, 3.63) is 0 Å². The SMILES string of the molecule is CC(C)OCC(O)CN1CCN(C)C(C)C1. The van der Waals surface area contributed by atoms with E-state index in [1.807, 2.05) is 13.8 Å². The van der Waals surface area contributed by atoms with Crippen LogP contribution in [0, 0.1) is 0 Å². The first-order valence-corrected chi connectivity index (χ1v) is 6.21. The predicted molar refractivity (Wildman–Crippen MR) is 65.6 cm³/mol. The van der Waals surface area contributed by atoms with Crippen molar-refractivity contribution in [3.63, 3.8) is 0 Å². The van der Waals surface area contributed by atoms with Crippen LogP contribution in [-0.2, 0) is 4.74 Å². The fourth-order valence-electron chi connectivity index (χ4n) is 1.94. The first kappa shape index (κ1) is 13.9. The topological polar surface area (TPSA) is 35.9 Å². The Labute approximate surface area is 99.2 Å². The Kier molecular flexibility index (Phi) is 5.69. The molecule has 1 rings (SSSR count).